The van der Waals surface area contributed by atoms with E-state index in [-0.39, 0.29) is 12.0 Å². The van der Waals surface area contributed by atoms with Crippen molar-refractivity contribution in [2.24, 2.45) is 0 Å². The van der Waals surface area contributed by atoms with Gasteiger partial charge in [-0.1, -0.05) is 18.2 Å². The Hall–Kier alpha value is -1.35. The number of carbonyl (C=O) groups is 1. The molecule has 2 aliphatic rings. The smallest absolute Gasteiger partial charge is 0.227 e. The van der Waals surface area contributed by atoms with Crippen molar-refractivity contribution in [2.75, 3.05) is 19.7 Å². The zero-order valence-electron chi connectivity index (χ0n) is 13.6. The minimum Gasteiger partial charge on any atom is -0.376 e. The second-order valence-electron chi connectivity index (χ2n) is 6.55. The number of ether oxygens (including phenoxy) is 1. The first kappa shape index (κ1) is 15.5. The average Bonchev–Trinajstić information content (AvgIpc) is 3.05. The highest BCUT2D eigenvalue weighted by Crippen LogP contribution is 2.23. The maximum atomic E-state index is 12.6. The molecule has 0 N–H and O–H groups in total. The normalized spacial score (nSPS) is 20.7. The Morgan fingerprint density at radius 1 is 1.23 bits per heavy atom. The van der Waals surface area contributed by atoms with Gasteiger partial charge in [0, 0.05) is 19.7 Å². The molecule has 1 aromatic rings. The van der Waals surface area contributed by atoms with Crippen molar-refractivity contribution in [3.63, 3.8) is 0 Å². The number of hydrogen-bond donors (Lipinski definition) is 0. The van der Waals surface area contributed by atoms with Gasteiger partial charge in [0.15, 0.2) is 0 Å². The van der Waals surface area contributed by atoms with Crippen molar-refractivity contribution >= 4 is 5.91 Å². The lowest BCUT2D eigenvalue weighted by Crippen LogP contribution is -2.38. The van der Waals surface area contributed by atoms with Crippen LogP contribution in [0.15, 0.2) is 18.2 Å². The van der Waals surface area contributed by atoms with Crippen molar-refractivity contribution in [3.8, 4) is 0 Å². The van der Waals surface area contributed by atoms with Crippen LogP contribution in [0.2, 0.25) is 0 Å². The Labute approximate surface area is 133 Å². The van der Waals surface area contributed by atoms with E-state index >= 15 is 0 Å². The molecule has 1 aliphatic carbocycles. The molecule has 1 aromatic carbocycles. The van der Waals surface area contributed by atoms with Gasteiger partial charge in [0.25, 0.3) is 0 Å². The fourth-order valence-corrected chi connectivity index (χ4v) is 3.62. The summed E-state index contributed by atoms with van der Waals surface area (Å²) in [5.74, 6) is 0.230. The molecule has 0 saturated carbocycles. The van der Waals surface area contributed by atoms with Crippen LogP contribution in [0.5, 0.6) is 0 Å². The third kappa shape index (κ3) is 3.70. The summed E-state index contributed by atoms with van der Waals surface area (Å²) in [7, 11) is 0. The summed E-state index contributed by atoms with van der Waals surface area (Å²) >= 11 is 0. The Bertz CT molecular complexity index is 520. The fourth-order valence-electron chi connectivity index (χ4n) is 3.62. The van der Waals surface area contributed by atoms with Crippen LogP contribution in [0.25, 0.3) is 0 Å². The molecule has 120 valence electrons. The number of nitrogens with zero attached hydrogens (tertiary/aromatic N) is 1. The van der Waals surface area contributed by atoms with E-state index in [1.807, 2.05) is 4.90 Å². The minimum absolute atomic E-state index is 0.230. The highest BCUT2D eigenvalue weighted by molar-refractivity contribution is 5.78. The van der Waals surface area contributed by atoms with Crippen LogP contribution >= 0.6 is 0 Å². The zero-order chi connectivity index (χ0) is 15.4. The van der Waals surface area contributed by atoms with Gasteiger partial charge in [-0.15, -0.1) is 0 Å². The summed E-state index contributed by atoms with van der Waals surface area (Å²) < 4.78 is 5.67. The topological polar surface area (TPSA) is 29.5 Å². The molecule has 1 saturated heterocycles. The van der Waals surface area contributed by atoms with E-state index in [2.05, 4.69) is 25.1 Å². The molecule has 3 heteroatoms. The minimum atomic E-state index is 0.230. The van der Waals surface area contributed by atoms with Gasteiger partial charge in [-0.25, -0.2) is 0 Å². The Balaban J connectivity index is 1.61. The van der Waals surface area contributed by atoms with E-state index in [0.717, 1.165) is 38.1 Å². The van der Waals surface area contributed by atoms with Gasteiger partial charge in [0.1, 0.15) is 0 Å². The van der Waals surface area contributed by atoms with Crippen molar-refractivity contribution in [2.45, 2.75) is 58.0 Å². The third-order valence-electron chi connectivity index (χ3n) is 4.95. The lowest BCUT2D eigenvalue weighted by molar-refractivity contribution is -0.131. The highest BCUT2D eigenvalue weighted by Gasteiger charge is 2.22. The van der Waals surface area contributed by atoms with Crippen molar-refractivity contribution in [1.29, 1.82) is 0 Å². The van der Waals surface area contributed by atoms with Crippen LogP contribution < -0.4 is 0 Å². The second-order valence-corrected chi connectivity index (χ2v) is 6.55. The summed E-state index contributed by atoms with van der Waals surface area (Å²) in [6.07, 6.45) is 7.93. The van der Waals surface area contributed by atoms with Gasteiger partial charge in [0.05, 0.1) is 12.5 Å². The first-order chi connectivity index (χ1) is 10.8. The lowest BCUT2D eigenvalue weighted by atomic mass is 9.90. The number of fused-ring (bicyclic) bond motifs is 1. The molecule has 1 heterocycles. The molecule has 0 spiro atoms. The van der Waals surface area contributed by atoms with E-state index in [0.29, 0.717) is 6.42 Å². The summed E-state index contributed by atoms with van der Waals surface area (Å²) in [5, 5.41) is 0. The number of aryl methyl sites for hydroxylation is 2. The monoisotopic (exact) mass is 301 g/mol. The standard InChI is InChI=1S/C19H27NO2/c1-2-20(14-18-8-5-11-22-18)19(21)13-15-9-10-16-6-3-4-7-17(16)12-15/h9-10,12,18H,2-8,11,13-14H2,1H3. The Morgan fingerprint density at radius 3 is 2.77 bits per heavy atom. The third-order valence-corrected chi connectivity index (χ3v) is 4.95. The summed E-state index contributed by atoms with van der Waals surface area (Å²) in [4.78, 5) is 14.5. The quantitative estimate of drug-likeness (QED) is 0.836. The lowest BCUT2D eigenvalue weighted by Gasteiger charge is -2.24. The number of carbonyl (C=O) groups excluding carboxylic acids is 1. The van der Waals surface area contributed by atoms with Gasteiger partial charge < -0.3 is 9.64 Å². The molecule has 0 aromatic heterocycles. The SMILES string of the molecule is CCN(CC1CCCO1)C(=O)Cc1ccc2c(c1)CCCC2. The van der Waals surface area contributed by atoms with Gasteiger partial charge in [-0.05, 0) is 62.1 Å². The first-order valence-corrected chi connectivity index (χ1v) is 8.76. The molecule has 1 aliphatic heterocycles. The number of likely N-dealkylation sites (N-methyl/N-ethyl adjacent to an activating group) is 1. The molecule has 1 fully saturated rings. The van der Waals surface area contributed by atoms with Crippen LogP contribution in [-0.2, 0) is 28.8 Å². The molecular formula is C19H27NO2. The first-order valence-electron chi connectivity index (χ1n) is 8.76. The molecule has 3 nitrogen and oxygen atoms in total. The number of rotatable bonds is 5. The predicted octanol–water partition coefficient (Wildman–Crippen LogP) is 3.14. The summed E-state index contributed by atoms with van der Waals surface area (Å²) in [5.41, 5.74) is 4.10. The second kappa shape index (κ2) is 7.28. The average molecular weight is 301 g/mol. The van der Waals surface area contributed by atoms with E-state index in [1.165, 1.54) is 36.8 Å². The van der Waals surface area contributed by atoms with E-state index in [1.54, 1.807) is 0 Å². The van der Waals surface area contributed by atoms with Crippen molar-refractivity contribution in [1.82, 2.24) is 4.90 Å². The molecule has 1 unspecified atom stereocenters. The summed E-state index contributed by atoms with van der Waals surface area (Å²) in [6.45, 7) is 4.42. The van der Waals surface area contributed by atoms with Gasteiger partial charge in [0.2, 0.25) is 5.91 Å². The molecule has 0 bridgehead atoms. The predicted molar refractivity (Wildman–Crippen MR) is 88.0 cm³/mol. The van der Waals surface area contributed by atoms with Crippen molar-refractivity contribution < 1.29 is 9.53 Å². The zero-order valence-corrected chi connectivity index (χ0v) is 13.6. The van der Waals surface area contributed by atoms with Crippen molar-refractivity contribution in [3.05, 3.63) is 34.9 Å². The fraction of sp³-hybridized carbons (Fsp3) is 0.632. The highest BCUT2D eigenvalue weighted by atomic mass is 16.5. The maximum Gasteiger partial charge on any atom is 0.227 e. The molecular weight excluding hydrogens is 274 g/mol. The van der Waals surface area contributed by atoms with E-state index < -0.39 is 0 Å². The Kier molecular flexibility index (Phi) is 5.14. The van der Waals surface area contributed by atoms with Gasteiger partial charge in [-0.2, -0.15) is 0 Å². The molecule has 0 radical (unpaired) electrons. The van der Waals surface area contributed by atoms with Crippen LogP contribution in [-0.4, -0.2) is 36.6 Å². The van der Waals surface area contributed by atoms with Crippen LogP contribution in [0, 0.1) is 0 Å². The van der Waals surface area contributed by atoms with Crippen LogP contribution in [0.4, 0.5) is 0 Å². The van der Waals surface area contributed by atoms with E-state index in [9.17, 15) is 4.79 Å². The van der Waals surface area contributed by atoms with Gasteiger partial charge in [-0.3, -0.25) is 4.79 Å². The molecule has 22 heavy (non-hydrogen) atoms. The number of hydrogen-bond acceptors (Lipinski definition) is 2. The van der Waals surface area contributed by atoms with E-state index in [4.69, 9.17) is 4.74 Å². The molecule has 3 rings (SSSR count). The maximum absolute atomic E-state index is 12.6. The van der Waals surface area contributed by atoms with Gasteiger partial charge >= 0.3 is 0 Å². The molecule has 1 amide bonds. The number of amides is 1. The molecule has 1 atom stereocenters. The van der Waals surface area contributed by atoms with Crippen LogP contribution in [0.1, 0.15) is 49.3 Å². The summed E-state index contributed by atoms with van der Waals surface area (Å²) in [6, 6.07) is 6.63. The number of benzene rings is 1. The largest absolute Gasteiger partial charge is 0.376 e. The Morgan fingerprint density at radius 2 is 2.05 bits per heavy atom. The van der Waals surface area contributed by atoms with Crippen LogP contribution in [0.3, 0.4) is 0 Å².